The first-order valence-corrected chi connectivity index (χ1v) is 5.98. The van der Waals surface area contributed by atoms with Crippen molar-refractivity contribution in [3.8, 4) is 0 Å². The van der Waals surface area contributed by atoms with Crippen LogP contribution >= 0.6 is 0 Å². The highest BCUT2D eigenvalue weighted by molar-refractivity contribution is 5.80. The molecule has 0 aliphatic rings. The second kappa shape index (κ2) is 8.14. The third-order valence-corrected chi connectivity index (χ3v) is 2.28. The molecule has 0 unspecified atom stereocenters. The van der Waals surface area contributed by atoms with E-state index in [1.54, 1.807) is 12.2 Å². The van der Waals surface area contributed by atoms with Gasteiger partial charge in [0.2, 0.25) is 0 Å². The molecule has 2 nitrogen and oxygen atoms in total. The lowest BCUT2D eigenvalue weighted by Gasteiger charge is -2.17. The molecule has 92 valence electrons. The monoisotopic (exact) mass is 224 g/mol. The van der Waals surface area contributed by atoms with E-state index >= 15 is 0 Å². The minimum absolute atomic E-state index is 0.445. The van der Waals surface area contributed by atoms with Gasteiger partial charge in [0.05, 0.1) is 0 Å². The van der Waals surface area contributed by atoms with Gasteiger partial charge in [-0.15, -0.1) is 0 Å². The molecule has 0 spiro atoms. The van der Waals surface area contributed by atoms with Crippen LogP contribution in [0.1, 0.15) is 52.9 Å². The summed E-state index contributed by atoms with van der Waals surface area (Å²) in [6.45, 7) is 6.80. The maximum absolute atomic E-state index is 10.1. The third-order valence-electron chi connectivity index (χ3n) is 2.28. The molecule has 0 fully saturated rings. The Morgan fingerprint density at radius 2 is 1.81 bits per heavy atom. The highest BCUT2D eigenvalue weighted by atomic mass is 16.4. The highest BCUT2D eigenvalue weighted by Gasteiger charge is 2.08. The summed E-state index contributed by atoms with van der Waals surface area (Å²) in [5, 5.41) is 8.34. The SMILES string of the molecule is CC(C)(C)CCCCCC=CC=CC(=O)O. The number of hydrogen-bond acceptors (Lipinski definition) is 1. The molecule has 0 aromatic carbocycles. The highest BCUT2D eigenvalue weighted by Crippen LogP contribution is 2.22. The van der Waals surface area contributed by atoms with Gasteiger partial charge in [0.25, 0.3) is 0 Å². The molecular formula is C14H24O2. The van der Waals surface area contributed by atoms with Crippen molar-refractivity contribution in [1.82, 2.24) is 0 Å². The normalized spacial score (nSPS) is 12.7. The standard InChI is InChI=1S/C14H24O2/c1-14(2,3)12-10-8-6-4-5-7-9-11-13(15)16/h5,7,9,11H,4,6,8,10,12H2,1-3H3,(H,15,16). The van der Waals surface area contributed by atoms with Crippen LogP contribution in [0, 0.1) is 5.41 Å². The summed E-state index contributed by atoms with van der Waals surface area (Å²) >= 11 is 0. The molecule has 1 N–H and O–H groups in total. The van der Waals surface area contributed by atoms with Gasteiger partial charge in [-0.1, -0.05) is 51.8 Å². The van der Waals surface area contributed by atoms with Crippen molar-refractivity contribution in [1.29, 1.82) is 0 Å². The molecular weight excluding hydrogens is 200 g/mol. The van der Waals surface area contributed by atoms with Gasteiger partial charge in [0.1, 0.15) is 0 Å². The van der Waals surface area contributed by atoms with E-state index in [4.69, 9.17) is 5.11 Å². The minimum atomic E-state index is -0.894. The zero-order chi connectivity index (χ0) is 12.4. The van der Waals surface area contributed by atoms with E-state index in [0.717, 1.165) is 12.5 Å². The van der Waals surface area contributed by atoms with Gasteiger partial charge in [-0.3, -0.25) is 0 Å². The van der Waals surface area contributed by atoms with Crippen molar-refractivity contribution in [3.05, 3.63) is 24.3 Å². The van der Waals surface area contributed by atoms with Gasteiger partial charge < -0.3 is 5.11 Å². The van der Waals surface area contributed by atoms with Crippen molar-refractivity contribution in [3.63, 3.8) is 0 Å². The molecule has 0 radical (unpaired) electrons. The molecule has 0 saturated carbocycles. The maximum atomic E-state index is 10.1. The molecule has 0 aromatic rings. The van der Waals surface area contributed by atoms with E-state index in [2.05, 4.69) is 20.8 Å². The second-order valence-electron chi connectivity index (χ2n) is 5.29. The molecule has 2 heteroatoms. The molecule has 16 heavy (non-hydrogen) atoms. The maximum Gasteiger partial charge on any atom is 0.328 e. The Hall–Kier alpha value is -1.05. The Balaban J connectivity index is 3.37. The summed E-state index contributed by atoms with van der Waals surface area (Å²) in [6.07, 6.45) is 12.6. The summed E-state index contributed by atoms with van der Waals surface area (Å²) in [5.74, 6) is -0.894. The number of carboxylic acids is 1. The summed E-state index contributed by atoms with van der Waals surface area (Å²) in [4.78, 5) is 10.1. The van der Waals surface area contributed by atoms with E-state index in [9.17, 15) is 4.79 Å². The molecule has 0 heterocycles. The Morgan fingerprint density at radius 1 is 1.12 bits per heavy atom. The van der Waals surface area contributed by atoms with Crippen LogP contribution in [-0.4, -0.2) is 11.1 Å². The molecule has 0 atom stereocenters. The van der Waals surface area contributed by atoms with Gasteiger partial charge >= 0.3 is 5.97 Å². The lowest BCUT2D eigenvalue weighted by atomic mass is 9.89. The van der Waals surface area contributed by atoms with Crippen molar-refractivity contribution >= 4 is 5.97 Å². The van der Waals surface area contributed by atoms with E-state index in [-0.39, 0.29) is 0 Å². The van der Waals surface area contributed by atoms with Crippen molar-refractivity contribution in [2.24, 2.45) is 5.41 Å². The predicted octanol–water partition coefficient (Wildman–Crippen LogP) is 4.18. The fraction of sp³-hybridized carbons (Fsp3) is 0.643. The first-order valence-electron chi connectivity index (χ1n) is 5.98. The number of carboxylic acid groups (broad SMARTS) is 1. The zero-order valence-corrected chi connectivity index (χ0v) is 10.7. The Morgan fingerprint density at radius 3 is 2.38 bits per heavy atom. The van der Waals surface area contributed by atoms with E-state index in [1.807, 2.05) is 6.08 Å². The average molecular weight is 224 g/mol. The molecule has 0 aliphatic heterocycles. The van der Waals surface area contributed by atoms with Crippen LogP contribution in [0.25, 0.3) is 0 Å². The first kappa shape index (κ1) is 14.9. The fourth-order valence-electron chi connectivity index (χ4n) is 1.41. The largest absolute Gasteiger partial charge is 0.478 e. The van der Waals surface area contributed by atoms with Crippen molar-refractivity contribution in [2.75, 3.05) is 0 Å². The molecule has 0 aromatic heterocycles. The summed E-state index contributed by atoms with van der Waals surface area (Å²) in [6, 6.07) is 0. The summed E-state index contributed by atoms with van der Waals surface area (Å²) < 4.78 is 0. The molecule has 0 saturated heterocycles. The summed E-state index contributed by atoms with van der Waals surface area (Å²) in [5.41, 5.74) is 0.445. The minimum Gasteiger partial charge on any atom is -0.478 e. The van der Waals surface area contributed by atoms with Gasteiger partial charge in [-0.05, 0) is 24.7 Å². The van der Waals surface area contributed by atoms with E-state index in [0.29, 0.717) is 5.41 Å². The smallest absolute Gasteiger partial charge is 0.328 e. The average Bonchev–Trinajstić information content (AvgIpc) is 2.13. The lowest BCUT2D eigenvalue weighted by molar-refractivity contribution is -0.131. The quantitative estimate of drug-likeness (QED) is 0.400. The van der Waals surface area contributed by atoms with E-state index < -0.39 is 5.97 Å². The summed E-state index contributed by atoms with van der Waals surface area (Å²) in [7, 11) is 0. The lowest BCUT2D eigenvalue weighted by Crippen LogP contribution is -2.03. The number of aliphatic carboxylic acids is 1. The zero-order valence-electron chi connectivity index (χ0n) is 10.7. The topological polar surface area (TPSA) is 37.3 Å². The van der Waals surface area contributed by atoms with Crippen LogP contribution in [0.15, 0.2) is 24.3 Å². The van der Waals surface area contributed by atoms with Crippen molar-refractivity contribution in [2.45, 2.75) is 52.9 Å². The molecule has 0 amide bonds. The number of unbranched alkanes of at least 4 members (excludes halogenated alkanes) is 3. The number of carbonyl (C=O) groups is 1. The number of allylic oxidation sites excluding steroid dienone is 3. The second-order valence-corrected chi connectivity index (χ2v) is 5.29. The van der Waals surface area contributed by atoms with Gasteiger partial charge in [0.15, 0.2) is 0 Å². The molecule has 0 rings (SSSR count). The van der Waals surface area contributed by atoms with Crippen LogP contribution in [0.4, 0.5) is 0 Å². The van der Waals surface area contributed by atoms with Crippen LogP contribution in [-0.2, 0) is 4.79 Å². The Labute approximate surface area is 99.1 Å². The van der Waals surface area contributed by atoms with Crippen LogP contribution < -0.4 is 0 Å². The van der Waals surface area contributed by atoms with Crippen LogP contribution in [0.2, 0.25) is 0 Å². The van der Waals surface area contributed by atoms with E-state index in [1.165, 1.54) is 25.7 Å². The molecule has 0 aliphatic carbocycles. The Kier molecular flexibility index (Phi) is 7.61. The third kappa shape index (κ3) is 12.9. The van der Waals surface area contributed by atoms with Crippen LogP contribution in [0.5, 0.6) is 0 Å². The fourth-order valence-corrected chi connectivity index (χ4v) is 1.41. The predicted molar refractivity (Wildman–Crippen MR) is 68.5 cm³/mol. The van der Waals surface area contributed by atoms with Gasteiger partial charge in [-0.2, -0.15) is 0 Å². The Bertz CT molecular complexity index is 244. The van der Waals surface area contributed by atoms with Gasteiger partial charge in [0, 0.05) is 6.08 Å². The number of hydrogen-bond donors (Lipinski definition) is 1. The first-order chi connectivity index (χ1) is 7.42. The molecule has 0 bridgehead atoms. The van der Waals surface area contributed by atoms with Crippen molar-refractivity contribution < 1.29 is 9.90 Å². The van der Waals surface area contributed by atoms with Crippen LogP contribution in [0.3, 0.4) is 0 Å². The number of rotatable bonds is 7. The van der Waals surface area contributed by atoms with Gasteiger partial charge in [-0.25, -0.2) is 4.79 Å².